The molecule has 2 heteroatoms. The standard InChI is InChI=1S/C12H19NO/c1-10(14)8-9-11-6-4-5-7-12(11)13(2)3/h4-7,10,14H,8-9H2,1-3H3. The third-order valence-corrected chi connectivity index (χ3v) is 2.30. The topological polar surface area (TPSA) is 23.5 Å². The maximum atomic E-state index is 9.23. The van der Waals surface area contributed by atoms with E-state index in [1.54, 1.807) is 0 Å². The highest BCUT2D eigenvalue weighted by molar-refractivity contribution is 5.52. The van der Waals surface area contributed by atoms with Crippen molar-refractivity contribution in [2.75, 3.05) is 19.0 Å². The number of benzene rings is 1. The van der Waals surface area contributed by atoms with Gasteiger partial charge in [0.25, 0.3) is 0 Å². The fraction of sp³-hybridized carbons (Fsp3) is 0.500. The minimum absolute atomic E-state index is 0.217. The van der Waals surface area contributed by atoms with Gasteiger partial charge in [-0.3, -0.25) is 0 Å². The van der Waals surface area contributed by atoms with Crippen molar-refractivity contribution in [3.05, 3.63) is 29.8 Å². The van der Waals surface area contributed by atoms with E-state index in [0.717, 1.165) is 12.8 Å². The number of aliphatic hydroxyl groups is 1. The molecule has 78 valence electrons. The molecule has 0 amide bonds. The van der Waals surface area contributed by atoms with Gasteiger partial charge in [0.1, 0.15) is 0 Å². The van der Waals surface area contributed by atoms with Crippen LogP contribution in [-0.2, 0) is 6.42 Å². The molecule has 1 aromatic carbocycles. The van der Waals surface area contributed by atoms with Crippen molar-refractivity contribution in [2.45, 2.75) is 25.9 Å². The fourth-order valence-corrected chi connectivity index (χ4v) is 1.52. The monoisotopic (exact) mass is 193 g/mol. The summed E-state index contributed by atoms with van der Waals surface area (Å²) in [5.41, 5.74) is 2.55. The molecule has 0 bridgehead atoms. The summed E-state index contributed by atoms with van der Waals surface area (Å²) in [5.74, 6) is 0. The second kappa shape index (κ2) is 5.01. The molecule has 0 aliphatic rings. The van der Waals surface area contributed by atoms with Gasteiger partial charge in [-0.2, -0.15) is 0 Å². The lowest BCUT2D eigenvalue weighted by Crippen LogP contribution is -2.12. The smallest absolute Gasteiger partial charge is 0.0515 e. The molecule has 2 nitrogen and oxygen atoms in total. The van der Waals surface area contributed by atoms with Crippen LogP contribution in [0.2, 0.25) is 0 Å². The lowest BCUT2D eigenvalue weighted by molar-refractivity contribution is 0.185. The molecular weight excluding hydrogens is 174 g/mol. The first-order chi connectivity index (χ1) is 6.61. The number of para-hydroxylation sites is 1. The number of rotatable bonds is 4. The molecule has 0 aromatic heterocycles. The minimum atomic E-state index is -0.217. The molecule has 1 atom stereocenters. The fourth-order valence-electron chi connectivity index (χ4n) is 1.52. The lowest BCUT2D eigenvalue weighted by Gasteiger charge is -2.17. The average molecular weight is 193 g/mol. The van der Waals surface area contributed by atoms with Crippen LogP contribution in [-0.4, -0.2) is 25.3 Å². The Morgan fingerprint density at radius 3 is 2.50 bits per heavy atom. The summed E-state index contributed by atoms with van der Waals surface area (Å²) in [6, 6.07) is 8.32. The average Bonchev–Trinajstić information content (AvgIpc) is 2.15. The Morgan fingerprint density at radius 1 is 1.29 bits per heavy atom. The molecule has 1 rings (SSSR count). The molecule has 0 fully saturated rings. The van der Waals surface area contributed by atoms with E-state index in [9.17, 15) is 5.11 Å². The van der Waals surface area contributed by atoms with Crippen LogP contribution < -0.4 is 4.90 Å². The molecule has 0 saturated carbocycles. The van der Waals surface area contributed by atoms with Crippen molar-refractivity contribution in [2.24, 2.45) is 0 Å². The zero-order valence-corrected chi connectivity index (χ0v) is 9.20. The number of aliphatic hydroxyl groups excluding tert-OH is 1. The summed E-state index contributed by atoms with van der Waals surface area (Å²) >= 11 is 0. The molecule has 1 N–H and O–H groups in total. The van der Waals surface area contributed by atoms with E-state index in [-0.39, 0.29) is 6.10 Å². The van der Waals surface area contributed by atoms with Gasteiger partial charge < -0.3 is 10.0 Å². The third kappa shape index (κ3) is 3.04. The molecule has 0 heterocycles. The van der Waals surface area contributed by atoms with Crippen LogP contribution in [0.5, 0.6) is 0 Å². The molecule has 0 radical (unpaired) electrons. The second-order valence-electron chi connectivity index (χ2n) is 3.91. The summed E-state index contributed by atoms with van der Waals surface area (Å²) in [5, 5.41) is 9.23. The van der Waals surface area contributed by atoms with Gasteiger partial charge >= 0.3 is 0 Å². The highest BCUT2D eigenvalue weighted by Gasteiger charge is 2.04. The minimum Gasteiger partial charge on any atom is -0.393 e. The van der Waals surface area contributed by atoms with Gasteiger partial charge in [-0.1, -0.05) is 18.2 Å². The van der Waals surface area contributed by atoms with Crippen LogP contribution in [0.3, 0.4) is 0 Å². The Kier molecular flexibility index (Phi) is 3.96. The first-order valence-corrected chi connectivity index (χ1v) is 5.04. The summed E-state index contributed by atoms with van der Waals surface area (Å²) in [7, 11) is 4.09. The molecule has 0 spiro atoms. The third-order valence-electron chi connectivity index (χ3n) is 2.30. The zero-order chi connectivity index (χ0) is 10.6. The number of anilines is 1. The number of nitrogens with zero attached hydrogens (tertiary/aromatic N) is 1. The van der Waals surface area contributed by atoms with E-state index in [1.165, 1.54) is 11.3 Å². The number of hydrogen-bond donors (Lipinski definition) is 1. The van der Waals surface area contributed by atoms with E-state index in [0.29, 0.717) is 0 Å². The van der Waals surface area contributed by atoms with Gasteiger partial charge in [-0.05, 0) is 31.4 Å². The summed E-state index contributed by atoms with van der Waals surface area (Å²) in [4.78, 5) is 2.11. The molecule has 0 saturated heterocycles. The van der Waals surface area contributed by atoms with Crippen LogP contribution >= 0.6 is 0 Å². The van der Waals surface area contributed by atoms with Crippen molar-refractivity contribution in [3.63, 3.8) is 0 Å². The van der Waals surface area contributed by atoms with Gasteiger partial charge in [-0.15, -0.1) is 0 Å². The van der Waals surface area contributed by atoms with Gasteiger partial charge in [0.2, 0.25) is 0 Å². The molecule has 1 aromatic rings. The van der Waals surface area contributed by atoms with Gasteiger partial charge in [-0.25, -0.2) is 0 Å². The maximum Gasteiger partial charge on any atom is 0.0515 e. The van der Waals surface area contributed by atoms with Crippen LogP contribution in [0.4, 0.5) is 5.69 Å². The Labute approximate surface area is 86.2 Å². The van der Waals surface area contributed by atoms with Gasteiger partial charge in [0.15, 0.2) is 0 Å². The molecule has 0 aliphatic heterocycles. The van der Waals surface area contributed by atoms with Crippen LogP contribution in [0, 0.1) is 0 Å². The number of aryl methyl sites for hydroxylation is 1. The van der Waals surface area contributed by atoms with Crippen LogP contribution in [0.15, 0.2) is 24.3 Å². The Bertz CT molecular complexity index is 281. The number of hydrogen-bond acceptors (Lipinski definition) is 2. The first kappa shape index (κ1) is 11.1. The zero-order valence-electron chi connectivity index (χ0n) is 9.20. The Hall–Kier alpha value is -1.02. The highest BCUT2D eigenvalue weighted by Crippen LogP contribution is 2.19. The summed E-state index contributed by atoms with van der Waals surface area (Å²) < 4.78 is 0. The summed E-state index contributed by atoms with van der Waals surface area (Å²) in [6.45, 7) is 1.83. The van der Waals surface area contributed by atoms with Crippen molar-refractivity contribution in [1.29, 1.82) is 0 Å². The van der Waals surface area contributed by atoms with Gasteiger partial charge in [0, 0.05) is 19.8 Å². The molecule has 1 unspecified atom stereocenters. The molecule has 14 heavy (non-hydrogen) atoms. The van der Waals surface area contributed by atoms with Crippen molar-refractivity contribution in [3.8, 4) is 0 Å². The van der Waals surface area contributed by atoms with Crippen LogP contribution in [0.25, 0.3) is 0 Å². The highest BCUT2D eigenvalue weighted by atomic mass is 16.3. The second-order valence-corrected chi connectivity index (χ2v) is 3.91. The lowest BCUT2D eigenvalue weighted by atomic mass is 10.1. The van der Waals surface area contributed by atoms with Crippen LogP contribution in [0.1, 0.15) is 18.9 Å². The Morgan fingerprint density at radius 2 is 1.93 bits per heavy atom. The molecular formula is C12H19NO. The quantitative estimate of drug-likeness (QED) is 0.791. The van der Waals surface area contributed by atoms with Crippen molar-refractivity contribution in [1.82, 2.24) is 0 Å². The van der Waals surface area contributed by atoms with Gasteiger partial charge in [0.05, 0.1) is 6.10 Å². The predicted octanol–water partition coefficient (Wildman–Crippen LogP) is 2.07. The van der Waals surface area contributed by atoms with E-state index in [2.05, 4.69) is 17.0 Å². The largest absolute Gasteiger partial charge is 0.393 e. The van der Waals surface area contributed by atoms with Crippen molar-refractivity contribution >= 4 is 5.69 Å². The van der Waals surface area contributed by atoms with E-state index < -0.39 is 0 Å². The van der Waals surface area contributed by atoms with E-state index in [4.69, 9.17) is 0 Å². The summed E-state index contributed by atoms with van der Waals surface area (Å²) in [6.07, 6.45) is 1.54. The SMILES string of the molecule is CC(O)CCc1ccccc1N(C)C. The maximum absolute atomic E-state index is 9.23. The Balaban J connectivity index is 2.74. The van der Waals surface area contributed by atoms with E-state index >= 15 is 0 Å². The predicted molar refractivity (Wildman–Crippen MR) is 60.8 cm³/mol. The van der Waals surface area contributed by atoms with Crippen molar-refractivity contribution < 1.29 is 5.11 Å². The molecule has 0 aliphatic carbocycles. The van der Waals surface area contributed by atoms with E-state index in [1.807, 2.05) is 33.2 Å². The first-order valence-electron chi connectivity index (χ1n) is 5.04. The normalized spacial score (nSPS) is 12.6.